The second kappa shape index (κ2) is 15.1. The van der Waals surface area contributed by atoms with Gasteiger partial charge in [0.25, 0.3) is 0 Å². The summed E-state index contributed by atoms with van der Waals surface area (Å²) >= 11 is 0. The van der Waals surface area contributed by atoms with E-state index in [4.69, 9.17) is 23.9 Å². The summed E-state index contributed by atoms with van der Waals surface area (Å²) in [4.78, 5) is 5.29. The highest BCUT2D eigenvalue weighted by Gasteiger charge is 2.33. The molecule has 9 heteroatoms. The van der Waals surface area contributed by atoms with Crippen LogP contribution in [0.5, 0.6) is 23.0 Å². The molecule has 0 atom stereocenters. The molecule has 1 aromatic heterocycles. The highest BCUT2D eigenvalue weighted by atomic mass is 19.2. The maximum Gasteiger partial charge on any atom is 0.678 e. The van der Waals surface area contributed by atoms with Crippen molar-refractivity contribution in [3.05, 3.63) is 167 Å². The van der Waals surface area contributed by atoms with Crippen LogP contribution in [0.3, 0.4) is 0 Å². The van der Waals surface area contributed by atoms with Crippen LogP contribution in [0.2, 0.25) is 0 Å². The Labute approximate surface area is 308 Å². The molecule has 1 aliphatic heterocycles. The van der Waals surface area contributed by atoms with Gasteiger partial charge in [0, 0.05) is 28.0 Å². The van der Waals surface area contributed by atoms with Crippen molar-refractivity contribution in [2.45, 2.75) is 6.92 Å². The molecule has 0 saturated carbocycles. The van der Waals surface area contributed by atoms with Crippen LogP contribution < -0.4 is 18.9 Å². The molecule has 0 saturated heterocycles. The first-order valence-corrected chi connectivity index (χ1v) is 17.1. The van der Waals surface area contributed by atoms with E-state index in [2.05, 4.69) is 0 Å². The molecule has 5 aromatic carbocycles. The number of allylic oxidation sites excluding steroid dienone is 2. The number of rotatable bonds is 11. The van der Waals surface area contributed by atoms with Gasteiger partial charge >= 0.3 is 7.40 Å². The first-order valence-electron chi connectivity index (χ1n) is 17.1. The topological polar surface area (TPSA) is 54.2 Å². The van der Waals surface area contributed by atoms with Crippen molar-refractivity contribution in [1.82, 2.24) is 4.48 Å². The molecule has 6 aromatic rings. The Kier molecular flexibility index (Phi) is 9.99. The number of benzene rings is 5. The third kappa shape index (κ3) is 6.98. The van der Waals surface area contributed by atoms with Crippen molar-refractivity contribution in [2.24, 2.45) is 4.99 Å². The Hall–Kier alpha value is -6.35. The molecular weight excluding hydrogens is 669 g/mol. The molecule has 6 nitrogen and oxygen atoms in total. The Morgan fingerprint density at radius 3 is 1.49 bits per heavy atom. The van der Waals surface area contributed by atoms with E-state index in [-0.39, 0.29) is 0 Å². The zero-order chi connectivity index (χ0) is 37.1. The number of hydrogen-bond acceptors (Lipinski definition) is 5. The fourth-order valence-corrected chi connectivity index (χ4v) is 6.57. The quantitative estimate of drug-likeness (QED) is 0.126. The van der Waals surface area contributed by atoms with Crippen molar-refractivity contribution in [3.63, 3.8) is 0 Å². The van der Waals surface area contributed by atoms with E-state index in [9.17, 15) is 0 Å². The van der Waals surface area contributed by atoms with Crippen molar-refractivity contribution in [2.75, 3.05) is 28.4 Å². The predicted molar refractivity (Wildman–Crippen MR) is 209 cm³/mol. The van der Waals surface area contributed by atoms with Gasteiger partial charge in [-0.3, -0.25) is 8.63 Å². The van der Waals surface area contributed by atoms with Crippen molar-refractivity contribution in [3.8, 4) is 45.4 Å². The average molecular weight is 707 g/mol. The number of hydrogen-bond donors (Lipinski definition) is 0. The van der Waals surface area contributed by atoms with Crippen LogP contribution in [-0.4, -0.2) is 46.0 Å². The van der Waals surface area contributed by atoms with E-state index in [1.165, 1.54) is 0 Å². The maximum atomic E-state index is 15.9. The Balaban J connectivity index is 1.60. The standard InChI is InChI=1S/C44H37BF2N2O4/c1-28-6-8-33(9-7-28)42(43-38(29-10-18-34(50-2)19-11-29)26-40(48-43)31-14-22-36(52-4)23-15-31)44-39(30-12-20-35(51-3)21-13-30)27-41(49(44)45(46)47)32-16-24-37(53-5)25-17-32/h6-27H,1-5H3/b43-42-. The molecule has 0 aliphatic carbocycles. The second-order valence-corrected chi connectivity index (χ2v) is 12.5. The van der Waals surface area contributed by atoms with Crippen molar-refractivity contribution in [1.29, 1.82) is 0 Å². The van der Waals surface area contributed by atoms with Crippen LogP contribution in [0.25, 0.3) is 33.5 Å². The number of ether oxygens (including phenoxy) is 4. The van der Waals surface area contributed by atoms with E-state index >= 15 is 8.63 Å². The Morgan fingerprint density at radius 2 is 1.02 bits per heavy atom. The highest BCUT2D eigenvalue weighted by molar-refractivity contribution is 6.42. The number of aromatic nitrogens is 1. The summed E-state index contributed by atoms with van der Waals surface area (Å²) in [6.07, 6.45) is 2.01. The van der Waals surface area contributed by atoms with Gasteiger partial charge in [0.2, 0.25) is 0 Å². The van der Waals surface area contributed by atoms with Gasteiger partial charge in [-0.15, -0.1) is 0 Å². The number of halogens is 2. The van der Waals surface area contributed by atoms with Gasteiger partial charge in [0.1, 0.15) is 23.0 Å². The van der Waals surface area contributed by atoms with Crippen molar-refractivity contribution >= 4 is 24.3 Å². The van der Waals surface area contributed by atoms with Gasteiger partial charge in [-0.25, -0.2) is 4.99 Å². The molecule has 0 unspecified atom stereocenters. The maximum absolute atomic E-state index is 15.9. The third-order valence-corrected chi connectivity index (χ3v) is 9.39. The minimum absolute atomic E-state index is 0.328. The molecule has 2 heterocycles. The summed E-state index contributed by atoms with van der Waals surface area (Å²) in [6, 6.07) is 39.7. The molecule has 0 radical (unpaired) electrons. The lowest BCUT2D eigenvalue weighted by atomic mass is 9.90. The van der Waals surface area contributed by atoms with Crippen LogP contribution >= 0.6 is 0 Å². The van der Waals surface area contributed by atoms with Crippen LogP contribution in [0.15, 0.2) is 144 Å². The average Bonchev–Trinajstić information content (AvgIpc) is 3.82. The minimum Gasteiger partial charge on any atom is -0.497 e. The zero-order valence-corrected chi connectivity index (χ0v) is 30.1. The lowest BCUT2D eigenvalue weighted by Crippen LogP contribution is -2.18. The van der Waals surface area contributed by atoms with Gasteiger partial charge < -0.3 is 23.4 Å². The molecule has 0 spiro atoms. The Morgan fingerprint density at radius 1 is 0.566 bits per heavy atom. The molecule has 7 rings (SSSR count). The SMILES string of the molecule is COc1ccc(C2=CC(c3ccc(OC)cc3)=N/C2=C(/c2ccc(C)cc2)c2c(-c3ccc(OC)cc3)cc(-c3ccc(OC)cc3)n2B(F)F)cc1. The largest absolute Gasteiger partial charge is 0.678 e. The number of nitrogens with zero attached hydrogens (tertiary/aromatic N) is 2. The lowest BCUT2D eigenvalue weighted by molar-refractivity contribution is 0.414. The van der Waals surface area contributed by atoms with Gasteiger partial charge in [-0.2, -0.15) is 0 Å². The second-order valence-electron chi connectivity index (χ2n) is 12.5. The van der Waals surface area contributed by atoms with Crippen molar-refractivity contribution < 1.29 is 27.6 Å². The van der Waals surface area contributed by atoms with Gasteiger partial charge in [-0.05, 0) is 114 Å². The van der Waals surface area contributed by atoms with E-state index in [0.29, 0.717) is 62.5 Å². The lowest BCUT2D eigenvalue weighted by Gasteiger charge is -2.19. The minimum atomic E-state index is -2.91. The first kappa shape index (κ1) is 35.1. The van der Waals surface area contributed by atoms with Gasteiger partial charge in [0.05, 0.1) is 45.5 Å². The number of aliphatic imine (C=N–C) groups is 1. The summed E-state index contributed by atoms with van der Waals surface area (Å²) in [5, 5.41) is 0. The molecule has 264 valence electrons. The van der Waals surface area contributed by atoms with E-state index in [1.54, 1.807) is 52.7 Å². The monoisotopic (exact) mass is 706 g/mol. The summed E-state index contributed by atoms with van der Waals surface area (Å²) in [5.74, 6) is 2.70. The fourth-order valence-electron chi connectivity index (χ4n) is 6.57. The fraction of sp³-hybridized carbons (Fsp3) is 0.114. The van der Waals surface area contributed by atoms with Crippen LogP contribution in [0, 0.1) is 6.92 Å². The zero-order valence-electron chi connectivity index (χ0n) is 30.1. The van der Waals surface area contributed by atoms with Gasteiger partial charge in [-0.1, -0.05) is 54.1 Å². The van der Waals surface area contributed by atoms with E-state index < -0.39 is 7.40 Å². The molecule has 0 amide bonds. The molecule has 0 fully saturated rings. The summed E-state index contributed by atoms with van der Waals surface area (Å²) in [6.45, 7) is 2.00. The molecule has 1 aliphatic rings. The molecule has 53 heavy (non-hydrogen) atoms. The normalized spacial score (nSPS) is 13.3. The summed E-state index contributed by atoms with van der Waals surface area (Å²) in [5.41, 5.74) is 8.71. The number of methoxy groups -OCH3 is 4. The molecule has 0 bridgehead atoms. The molecule has 0 N–H and O–H groups in total. The van der Waals surface area contributed by atoms with E-state index in [0.717, 1.165) is 37.9 Å². The predicted octanol–water partition coefficient (Wildman–Crippen LogP) is 10.3. The number of aryl methyl sites for hydroxylation is 1. The smallest absolute Gasteiger partial charge is 0.497 e. The van der Waals surface area contributed by atoms with Crippen LogP contribution in [-0.2, 0) is 0 Å². The van der Waals surface area contributed by atoms with Gasteiger partial charge in [0.15, 0.2) is 0 Å². The van der Waals surface area contributed by atoms with E-state index in [1.807, 2.05) is 116 Å². The first-order chi connectivity index (χ1) is 25.8. The third-order valence-electron chi connectivity index (χ3n) is 9.39. The molecular formula is C44H37BF2N2O4. The summed E-state index contributed by atoms with van der Waals surface area (Å²) in [7, 11) is 3.51. The summed E-state index contributed by atoms with van der Waals surface area (Å²) < 4.78 is 54.7. The van der Waals surface area contributed by atoms with Crippen LogP contribution in [0.4, 0.5) is 8.63 Å². The van der Waals surface area contributed by atoms with Crippen LogP contribution in [0.1, 0.15) is 27.9 Å². The Bertz CT molecular complexity index is 2330. The highest BCUT2D eigenvalue weighted by Crippen LogP contribution is 2.46.